The van der Waals surface area contributed by atoms with Gasteiger partial charge in [0.15, 0.2) is 5.76 Å². The van der Waals surface area contributed by atoms with Crippen molar-refractivity contribution in [2.75, 3.05) is 13.2 Å². The second-order valence-electron chi connectivity index (χ2n) is 3.48. The molecule has 1 fully saturated rings. The van der Waals surface area contributed by atoms with Crippen LogP contribution in [0.25, 0.3) is 0 Å². The molecule has 0 bridgehead atoms. The smallest absolute Gasteiger partial charge is 0.311 e. The maximum atomic E-state index is 10.5. The Balaban J connectivity index is 2.15. The van der Waals surface area contributed by atoms with Gasteiger partial charge in [0.1, 0.15) is 12.2 Å². The fourth-order valence-corrected chi connectivity index (χ4v) is 1.52. The largest absolute Gasteiger partial charge is 0.481 e. The molecule has 2 heterocycles. The van der Waals surface area contributed by atoms with Gasteiger partial charge in [-0.2, -0.15) is 0 Å². The minimum atomic E-state index is -0.922. The van der Waals surface area contributed by atoms with Crippen LogP contribution in [0.1, 0.15) is 18.4 Å². The van der Waals surface area contributed by atoms with E-state index in [9.17, 15) is 4.79 Å². The van der Waals surface area contributed by atoms with Crippen molar-refractivity contribution >= 4 is 5.97 Å². The fourth-order valence-electron chi connectivity index (χ4n) is 1.52. The summed E-state index contributed by atoms with van der Waals surface area (Å²) in [7, 11) is 0. The molecule has 1 N–H and O–H groups in total. The third kappa shape index (κ3) is 2.03. The molecular formula is C10H12O5. The van der Waals surface area contributed by atoms with Crippen molar-refractivity contribution in [3.8, 4) is 0 Å². The maximum Gasteiger partial charge on any atom is 0.311 e. The molecule has 1 aliphatic rings. The number of furan rings is 1. The molecule has 82 valence electrons. The summed E-state index contributed by atoms with van der Waals surface area (Å²) >= 11 is 0. The van der Waals surface area contributed by atoms with Crippen molar-refractivity contribution in [2.45, 2.75) is 19.1 Å². The first kappa shape index (κ1) is 10.2. The molecule has 5 nitrogen and oxygen atoms in total. The number of hydrogen-bond acceptors (Lipinski definition) is 4. The van der Waals surface area contributed by atoms with Crippen LogP contribution in [0, 0.1) is 0 Å². The topological polar surface area (TPSA) is 68.9 Å². The molecule has 15 heavy (non-hydrogen) atoms. The van der Waals surface area contributed by atoms with Gasteiger partial charge in [-0.05, 0) is 19.1 Å². The van der Waals surface area contributed by atoms with Gasteiger partial charge in [-0.15, -0.1) is 0 Å². The van der Waals surface area contributed by atoms with E-state index in [4.69, 9.17) is 19.0 Å². The Hall–Kier alpha value is -1.33. The Morgan fingerprint density at radius 1 is 1.47 bits per heavy atom. The van der Waals surface area contributed by atoms with Crippen molar-refractivity contribution in [3.63, 3.8) is 0 Å². The zero-order valence-electron chi connectivity index (χ0n) is 8.36. The SMILES string of the molecule is CC1(c2ccc(CC(=O)O)o2)OCCO1. The first-order valence-corrected chi connectivity index (χ1v) is 4.69. The molecule has 0 saturated carbocycles. The Bertz CT molecular complexity index is 362. The van der Waals surface area contributed by atoms with Crippen LogP contribution in [0.15, 0.2) is 16.5 Å². The highest BCUT2D eigenvalue weighted by Gasteiger charge is 2.36. The van der Waals surface area contributed by atoms with Gasteiger partial charge in [0, 0.05) is 0 Å². The monoisotopic (exact) mass is 212 g/mol. The number of carbonyl (C=O) groups is 1. The van der Waals surface area contributed by atoms with Crippen LogP contribution >= 0.6 is 0 Å². The summed E-state index contributed by atoms with van der Waals surface area (Å²) < 4.78 is 16.1. The van der Waals surface area contributed by atoms with Gasteiger partial charge in [0.05, 0.1) is 13.2 Å². The van der Waals surface area contributed by atoms with Crippen LogP contribution in [0.2, 0.25) is 0 Å². The Labute approximate surface area is 86.6 Å². The Morgan fingerprint density at radius 3 is 2.73 bits per heavy atom. The van der Waals surface area contributed by atoms with Gasteiger partial charge in [0.25, 0.3) is 0 Å². The number of hydrogen-bond donors (Lipinski definition) is 1. The molecule has 0 atom stereocenters. The summed E-state index contributed by atoms with van der Waals surface area (Å²) in [6.07, 6.45) is -0.129. The van der Waals surface area contributed by atoms with Gasteiger partial charge in [-0.25, -0.2) is 0 Å². The number of ether oxygens (including phenoxy) is 2. The summed E-state index contributed by atoms with van der Waals surface area (Å²) in [6.45, 7) is 2.79. The summed E-state index contributed by atoms with van der Waals surface area (Å²) in [4.78, 5) is 10.5. The lowest BCUT2D eigenvalue weighted by Gasteiger charge is -2.18. The van der Waals surface area contributed by atoms with Crippen molar-refractivity contribution in [1.82, 2.24) is 0 Å². The Morgan fingerprint density at radius 2 is 2.13 bits per heavy atom. The van der Waals surface area contributed by atoms with E-state index in [0.29, 0.717) is 24.7 Å². The minimum absolute atomic E-state index is 0.129. The van der Waals surface area contributed by atoms with Crippen LogP contribution < -0.4 is 0 Å². The number of rotatable bonds is 3. The summed E-state index contributed by atoms with van der Waals surface area (Å²) in [5.41, 5.74) is 0. The second-order valence-corrected chi connectivity index (χ2v) is 3.48. The van der Waals surface area contributed by atoms with Gasteiger partial charge >= 0.3 is 5.97 Å². The quantitative estimate of drug-likeness (QED) is 0.813. The van der Waals surface area contributed by atoms with E-state index < -0.39 is 11.8 Å². The van der Waals surface area contributed by atoms with Crippen LogP contribution in [0.3, 0.4) is 0 Å². The molecule has 0 radical (unpaired) electrons. The number of carboxylic acid groups (broad SMARTS) is 1. The zero-order valence-corrected chi connectivity index (χ0v) is 8.36. The standard InChI is InChI=1S/C10H12O5/c1-10(13-4-5-14-10)8-3-2-7(15-8)6-9(11)12/h2-3H,4-6H2,1H3,(H,11,12). The minimum Gasteiger partial charge on any atom is -0.481 e. The number of carboxylic acids is 1. The van der Waals surface area contributed by atoms with Crippen LogP contribution in [-0.2, 0) is 26.5 Å². The lowest BCUT2D eigenvalue weighted by molar-refractivity contribution is -0.163. The Kier molecular flexibility index (Phi) is 2.50. The van der Waals surface area contributed by atoms with E-state index in [2.05, 4.69) is 0 Å². The summed E-state index contributed by atoms with van der Waals surface area (Å²) in [6, 6.07) is 3.31. The van der Waals surface area contributed by atoms with Crippen LogP contribution in [0.5, 0.6) is 0 Å². The maximum absolute atomic E-state index is 10.5. The van der Waals surface area contributed by atoms with E-state index in [1.807, 2.05) is 0 Å². The normalized spacial score (nSPS) is 19.3. The first-order valence-electron chi connectivity index (χ1n) is 4.69. The average molecular weight is 212 g/mol. The summed E-state index contributed by atoms with van der Waals surface area (Å²) in [5.74, 6) is -0.875. The molecular weight excluding hydrogens is 200 g/mol. The van der Waals surface area contributed by atoms with Crippen LogP contribution in [-0.4, -0.2) is 24.3 Å². The molecule has 5 heteroatoms. The third-order valence-electron chi connectivity index (χ3n) is 2.27. The summed E-state index contributed by atoms with van der Waals surface area (Å²) in [5, 5.41) is 8.58. The first-order chi connectivity index (χ1) is 7.10. The molecule has 1 aromatic rings. The molecule has 0 unspecified atom stereocenters. The predicted octanol–water partition coefficient (Wildman–Crippen LogP) is 1.13. The fraction of sp³-hybridized carbons (Fsp3) is 0.500. The van der Waals surface area contributed by atoms with E-state index in [-0.39, 0.29) is 6.42 Å². The van der Waals surface area contributed by atoms with E-state index in [0.717, 1.165) is 0 Å². The van der Waals surface area contributed by atoms with E-state index in [1.54, 1.807) is 19.1 Å². The molecule has 0 aliphatic carbocycles. The van der Waals surface area contributed by atoms with E-state index in [1.165, 1.54) is 0 Å². The van der Waals surface area contributed by atoms with Crippen molar-refractivity contribution in [2.24, 2.45) is 0 Å². The second kappa shape index (κ2) is 3.67. The lowest BCUT2D eigenvalue weighted by atomic mass is 10.2. The van der Waals surface area contributed by atoms with Gasteiger partial charge in [0.2, 0.25) is 5.79 Å². The predicted molar refractivity (Wildman–Crippen MR) is 49.3 cm³/mol. The molecule has 1 saturated heterocycles. The molecule has 0 spiro atoms. The highest BCUT2D eigenvalue weighted by atomic mass is 16.7. The molecule has 0 amide bonds. The van der Waals surface area contributed by atoms with Crippen molar-refractivity contribution in [1.29, 1.82) is 0 Å². The van der Waals surface area contributed by atoms with Crippen molar-refractivity contribution < 1.29 is 23.8 Å². The lowest BCUT2D eigenvalue weighted by Crippen LogP contribution is -2.21. The number of aliphatic carboxylic acids is 1. The molecule has 1 aromatic heterocycles. The molecule has 0 aromatic carbocycles. The zero-order chi connectivity index (χ0) is 10.9. The average Bonchev–Trinajstić information content (AvgIpc) is 2.74. The van der Waals surface area contributed by atoms with Crippen molar-refractivity contribution in [3.05, 3.63) is 23.7 Å². The highest BCUT2D eigenvalue weighted by Crippen LogP contribution is 2.31. The molecule has 1 aliphatic heterocycles. The highest BCUT2D eigenvalue weighted by molar-refractivity contribution is 5.69. The molecule has 2 rings (SSSR count). The third-order valence-corrected chi connectivity index (χ3v) is 2.27. The van der Waals surface area contributed by atoms with Gasteiger partial charge in [-0.1, -0.05) is 0 Å². The van der Waals surface area contributed by atoms with Gasteiger partial charge in [-0.3, -0.25) is 4.79 Å². The van der Waals surface area contributed by atoms with E-state index >= 15 is 0 Å². The van der Waals surface area contributed by atoms with Crippen LogP contribution in [0.4, 0.5) is 0 Å². The van der Waals surface area contributed by atoms with Gasteiger partial charge < -0.3 is 19.0 Å².